The SMILES string of the molecule is CC(Oc1cccc(O)c1)C1CCCNC1. The van der Waals surface area contributed by atoms with Crippen molar-refractivity contribution in [3.8, 4) is 11.5 Å². The molecular weight excluding hydrogens is 202 g/mol. The van der Waals surface area contributed by atoms with E-state index in [1.165, 1.54) is 12.8 Å². The topological polar surface area (TPSA) is 41.5 Å². The number of aromatic hydroxyl groups is 1. The quantitative estimate of drug-likeness (QED) is 0.822. The zero-order valence-corrected chi connectivity index (χ0v) is 9.65. The number of nitrogens with one attached hydrogen (secondary N) is 1. The molecule has 1 aromatic rings. The van der Waals surface area contributed by atoms with E-state index in [1.807, 2.05) is 6.07 Å². The minimum atomic E-state index is 0.189. The average Bonchev–Trinajstić information content (AvgIpc) is 2.30. The molecule has 0 aromatic heterocycles. The van der Waals surface area contributed by atoms with Crippen LogP contribution in [0.25, 0.3) is 0 Å². The summed E-state index contributed by atoms with van der Waals surface area (Å²) in [6.45, 7) is 4.25. The Labute approximate surface area is 96.4 Å². The van der Waals surface area contributed by atoms with Crippen LogP contribution in [0.15, 0.2) is 24.3 Å². The van der Waals surface area contributed by atoms with Crippen molar-refractivity contribution in [1.82, 2.24) is 5.32 Å². The van der Waals surface area contributed by atoms with Crippen molar-refractivity contribution in [2.45, 2.75) is 25.9 Å². The van der Waals surface area contributed by atoms with Crippen molar-refractivity contribution in [2.24, 2.45) is 5.92 Å². The first-order valence-electron chi connectivity index (χ1n) is 5.92. The summed E-state index contributed by atoms with van der Waals surface area (Å²) in [5.41, 5.74) is 0. The van der Waals surface area contributed by atoms with Crippen LogP contribution in [-0.2, 0) is 0 Å². The van der Waals surface area contributed by atoms with E-state index in [1.54, 1.807) is 18.2 Å². The molecule has 2 atom stereocenters. The number of phenols is 1. The monoisotopic (exact) mass is 221 g/mol. The van der Waals surface area contributed by atoms with Gasteiger partial charge in [0.1, 0.15) is 11.5 Å². The van der Waals surface area contributed by atoms with Crippen molar-refractivity contribution in [3.05, 3.63) is 24.3 Å². The molecule has 1 saturated heterocycles. The summed E-state index contributed by atoms with van der Waals surface area (Å²) in [4.78, 5) is 0. The molecule has 1 aromatic carbocycles. The van der Waals surface area contributed by atoms with Gasteiger partial charge in [0.15, 0.2) is 0 Å². The van der Waals surface area contributed by atoms with Gasteiger partial charge in [-0.1, -0.05) is 6.07 Å². The van der Waals surface area contributed by atoms with Crippen LogP contribution in [0, 0.1) is 5.92 Å². The van der Waals surface area contributed by atoms with Crippen molar-refractivity contribution >= 4 is 0 Å². The van der Waals surface area contributed by atoms with Gasteiger partial charge in [-0.3, -0.25) is 0 Å². The molecule has 1 aliphatic heterocycles. The first-order chi connectivity index (χ1) is 7.75. The molecule has 0 bridgehead atoms. The highest BCUT2D eigenvalue weighted by Gasteiger charge is 2.21. The number of rotatable bonds is 3. The second kappa shape index (κ2) is 5.21. The van der Waals surface area contributed by atoms with Crippen LogP contribution in [0.2, 0.25) is 0 Å². The molecule has 88 valence electrons. The Morgan fingerprint density at radius 3 is 3.06 bits per heavy atom. The molecule has 0 amide bonds. The van der Waals surface area contributed by atoms with Crippen LogP contribution >= 0.6 is 0 Å². The molecule has 2 unspecified atom stereocenters. The maximum Gasteiger partial charge on any atom is 0.123 e. The van der Waals surface area contributed by atoms with Crippen molar-refractivity contribution in [1.29, 1.82) is 0 Å². The molecule has 0 saturated carbocycles. The second-order valence-corrected chi connectivity index (χ2v) is 4.43. The third-order valence-electron chi connectivity index (χ3n) is 3.14. The zero-order valence-electron chi connectivity index (χ0n) is 9.65. The van der Waals surface area contributed by atoms with Gasteiger partial charge in [0, 0.05) is 18.5 Å². The van der Waals surface area contributed by atoms with Crippen molar-refractivity contribution in [3.63, 3.8) is 0 Å². The Morgan fingerprint density at radius 1 is 1.50 bits per heavy atom. The van der Waals surface area contributed by atoms with E-state index in [4.69, 9.17) is 4.74 Å². The Morgan fingerprint density at radius 2 is 2.38 bits per heavy atom. The Hall–Kier alpha value is -1.22. The third kappa shape index (κ3) is 2.89. The summed E-state index contributed by atoms with van der Waals surface area (Å²) in [6, 6.07) is 7.00. The zero-order chi connectivity index (χ0) is 11.4. The minimum Gasteiger partial charge on any atom is -0.508 e. The lowest BCUT2D eigenvalue weighted by Crippen LogP contribution is -2.37. The van der Waals surface area contributed by atoms with Crippen LogP contribution < -0.4 is 10.1 Å². The highest BCUT2D eigenvalue weighted by molar-refractivity contribution is 5.31. The maximum atomic E-state index is 9.34. The molecule has 3 heteroatoms. The molecule has 1 aliphatic rings. The largest absolute Gasteiger partial charge is 0.508 e. The van der Waals surface area contributed by atoms with Gasteiger partial charge in [-0.2, -0.15) is 0 Å². The van der Waals surface area contributed by atoms with Crippen LogP contribution in [0.3, 0.4) is 0 Å². The van der Waals surface area contributed by atoms with E-state index < -0.39 is 0 Å². The maximum absolute atomic E-state index is 9.34. The van der Waals surface area contributed by atoms with Gasteiger partial charge >= 0.3 is 0 Å². The van der Waals surface area contributed by atoms with Gasteiger partial charge in [0.25, 0.3) is 0 Å². The molecule has 0 radical (unpaired) electrons. The summed E-state index contributed by atoms with van der Waals surface area (Å²) in [5, 5.41) is 12.7. The fraction of sp³-hybridized carbons (Fsp3) is 0.538. The molecule has 3 nitrogen and oxygen atoms in total. The fourth-order valence-electron chi connectivity index (χ4n) is 2.15. The lowest BCUT2D eigenvalue weighted by atomic mass is 9.95. The number of ether oxygens (including phenoxy) is 1. The highest BCUT2D eigenvalue weighted by Crippen LogP contribution is 2.23. The predicted molar refractivity (Wildman–Crippen MR) is 63.8 cm³/mol. The summed E-state index contributed by atoms with van der Waals surface area (Å²) in [6.07, 6.45) is 2.63. The molecule has 2 N–H and O–H groups in total. The lowest BCUT2D eigenvalue weighted by Gasteiger charge is -2.28. The smallest absolute Gasteiger partial charge is 0.123 e. The summed E-state index contributed by atoms with van der Waals surface area (Å²) >= 11 is 0. The van der Waals surface area contributed by atoms with E-state index >= 15 is 0 Å². The van der Waals surface area contributed by atoms with Gasteiger partial charge in [-0.15, -0.1) is 0 Å². The molecule has 16 heavy (non-hydrogen) atoms. The second-order valence-electron chi connectivity index (χ2n) is 4.43. The minimum absolute atomic E-state index is 0.189. The van der Waals surface area contributed by atoms with Crippen LogP contribution in [0.5, 0.6) is 11.5 Å². The summed E-state index contributed by atoms with van der Waals surface area (Å²) < 4.78 is 5.83. The highest BCUT2D eigenvalue weighted by atomic mass is 16.5. The number of hydrogen-bond acceptors (Lipinski definition) is 3. The van der Waals surface area contributed by atoms with E-state index in [2.05, 4.69) is 12.2 Å². The lowest BCUT2D eigenvalue weighted by molar-refractivity contribution is 0.131. The van der Waals surface area contributed by atoms with Crippen molar-refractivity contribution < 1.29 is 9.84 Å². The first-order valence-corrected chi connectivity index (χ1v) is 5.92. The molecule has 2 rings (SSSR count). The van der Waals surface area contributed by atoms with Gasteiger partial charge < -0.3 is 15.2 Å². The number of benzene rings is 1. The number of phenolic OH excluding ortho intramolecular Hbond substituents is 1. The molecule has 1 heterocycles. The standard InChI is InChI=1S/C13H19NO2/c1-10(11-4-3-7-14-9-11)16-13-6-2-5-12(15)8-13/h2,5-6,8,10-11,14-15H,3-4,7,9H2,1H3. The number of hydrogen-bond donors (Lipinski definition) is 2. The molecule has 0 aliphatic carbocycles. The first kappa shape index (κ1) is 11.3. The average molecular weight is 221 g/mol. The Bertz CT molecular complexity index is 334. The molecule has 0 spiro atoms. The van der Waals surface area contributed by atoms with Crippen molar-refractivity contribution in [2.75, 3.05) is 13.1 Å². The van der Waals surface area contributed by atoms with Crippen LogP contribution in [0.1, 0.15) is 19.8 Å². The van der Waals surface area contributed by atoms with E-state index in [0.717, 1.165) is 18.8 Å². The fourth-order valence-corrected chi connectivity index (χ4v) is 2.15. The Kier molecular flexibility index (Phi) is 3.67. The van der Waals surface area contributed by atoms with E-state index in [9.17, 15) is 5.11 Å². The Balaban J connectivity index is 1.93. The van der Waals surface area contributed by atoms with Gasteiger partial charge in [-0.25, -0.2) is 0 Å². The summed E-state index contributed by atoms with van der Waals surface area (Å²) in [7, 11) is 0. The predicted octanol–water partition coefficient (Wildman–Crippen LogP) is 2.16. The number of piperidine rings is 1. The van der Waals surface area contributed by atoms with E-state index in [-0.39, 0.29) is 11.9 Å². The van der Waals surface area contributed by atoms with Gasteiger partial charge in [0.2, 0.25) is 0 Å². The normalized spacial score (nSPS) is 22.7. The van der Waals surface area contributed by atoms with Crippen LogP contribution in [-0.4, -0.2) is 24.3 Å². The summed E-state index contributed by atoms with van der Waals surface area (Å²) in [5.74, 6) is 1.57. The molecule has 1 fully saturated rings. The third-order valence-corrected chi connectivity index (χ3v) is 3.14. The molecular formula is C13H19NO2. The van der Waals surface area contributed by atoms with Gasteiger partial charge in [-0.05, 0) is 38.4 Å². The van der Waals surface area contributed by atoms with Gasteiger partial charge in [0.05, 0.1) is 6.10 Å². The van der Waals surface area contributed by atoms with Crippen LogP contribution in [0.4, 0.5) is 0 Å². The van der Waals surface area contributed by atoms with E-state index in [0.29, 0.717) is 5.92 Å².